The molecule has 0 atom stereocenters. The predicted octanol–water partition coefficient (Wildman–Crippen LogP) is 3.64. The monoisotopic (exact) mass is 351 g/mol. The highest BCUT2D eigenvalue weighted by molar-refractivity contribution is 6.35. The maximum Gasteiger partial charge on any atom is 0.174 e. The summed E-state index contributed by atoms with van der Waals surface area (Å²) in [5.74, 6) is -0.322. The van der Waals surface area contributed by atoms with Gasteiger partial charge in [0.15, 0.2) is 5.82 Å². The van der Waals surface area contributed by atoms with Crippen LogP contribution in [0.3, 0.4) is 0 Å². The number of pyridine rings is 2. The number of para-hydroxylation sites is 1. The number of hydrogen-bond donors (Lipinski definition) is 0. The van der Waals surface area contributed by atoms with Crippen molar-refractivity contribution in [1.29, 1.82) is 0 Å². The van der Waals surface area contributed by atoms with Crippen LogP contribution >= 0.6 is 0 Å². The van der Waals surface area contributed by atoms with Gasteiger partial charge in [-0.25, -0.2) is 9.37 Å². The molecule has 5 rings (SSSR count). The lowest BCUT2D eigenvalue weighted by atomic mass is 9.88. The number of benzene rings is 2. The van der Waals surface area contributed by atoms with Crippen LogP contribution in [0.25, 0.3) is 38.8 Å². The Hall–Kier alpha value is -3.47. The molecule has 0 saturated heterocycles. The molecule has 2 aromatic carbocycles. The third-order valence-corrected chi connectivity index (χ3v) is 4.94. The van der Waals surface area contributed by atoms with Gasteiger partial charge >= 0.3 is 0 Å². The van der Waals surface area contributed by atoms with Crippen molar-refractivity contribution in [3.63, 3.8) is 0 Å². The van der Waals surface area contributed by atoms with Gasteiger partial charge in [0.05, 0.1) is 16.7 Å². The Balaban J connectivity index is 1.92. The molecule has 0 radical (unpaired) electrons. The molecule has 3 nitrogen and oxygen atoms in total. The van der Waals surface area contributed by atoms with Crippen LogP contribution < -0.4 is 5.46 Å². The van der Waals surface area contributed by atoms with E-state index in [1.54, 1.807) is 12.4 Å². The van der Waals surface area contributed by atoms with Crippen LogP contribution in [0.5, 0.6) is 0 Å². The molecule has 0 saturated carbocycles. The summed E-state index contributed by atoms with van der Waals surface area (Å²) in [4.78, 5) is 8.82. The van der Waals surface area contributed by atoms with Gasteiger partial charge in [-0.2, -0.15) is 0 Å². The quantitative estimate of drug-likeness (QED) is 0.455. The lowest BCUT2D eigenvalue weighted by molar-refractivity contribution is 0.621. The minimum Gasteiger partial charge on any atom is -0.313 e. The normalized spacial score (nSPS) is 11.3. The topological polar surface area (TPSA) is 30.7 Å². The van der Waals surface area contributed by atoms with Crippen LogP contribution in [0.15, 0.2) is 79.3 Å². The highest BCUT2D eigenvalue weighted by Crippen LogP contribution is 2.32. The fourth-order valence-electron chi connectivity index (χ4n) is 3.60. The summed E-state index contributed by atoms with van der Waals surface area (Å²) < 4.78 is 17.7. The Morgan fingerprint density at radius 1 is 0.926 bits per heavy atom. The van der Waals surface area contributed by atoms with Crippen molar-refractivity contribution in [3.8, 4) is 16.9 Å². The fourth-order valence-corrected chi connectivity index (χ4v) is 3.60. The summed E-state index contributed by atoms with van der Waals surface area (Å²) in [5.41, 5.74) is 4.36. The molecule has 5 aromatic rings. The van der Waals surface area contributed by atoms with Crippen LogP contribution in [0.2, 0.25) is 0 Å². The third-order valence-electron chi connectivity index (χ3n) is 4.94. The van der Waals surface area contributed by atoms with Crippen molar-refractivity contribution in [1.82, 2.24) is 14.5 Å². The van der Waals surface area contributed by atoms with Gasteiger partial charge in [0, 0.05) is 29.4 Å². The molecule has 0 fully saturated rings. The van der Waals surface area contributed by atoms with Crippen molar-refractivity contribution in [2.24, 2.45) is 0 Å². The largest absolute Gasteiger partial charge is 0.313 e. The Bertz CT molecular complexity index is 1310. The van der Waals surface area contributed by atoms with Crippen LogP contribution in [-0.4, -0.2) is 22.4 Å². The molecule has 0 aliphatic rings. The lowest BCUT2D eigenvalue weighted by Crippen LogP contribution is -2.10. The van der Waals surface area contributed by atoms with Gasteiger partial charge in [-0.05, 0) is 23.8 Å². The molecule has 0 aliphatic heterocycles. The number of rotatable bonds is 2. The van der Waals surface area contributed by atoms with Crippen molar-refractivity contribution in [2.45, 2.75) is 0 Å². The molecule has 0 aliphatic carbocycles. The number of aromatic nitrogens is 3. The first-order valence-corrected chi connectivity index (χ1v) is 8.80. The number of fused-ring (bicyclic) bond motifs is 2. The van der Waals surface area contributed by atoms with E-state index < -0.39 is 0 Å². The second kappa shape index (κ2) is 6.06. The van der Waals surface area contributed by atoms with Crippen molar-refractivity contribution >= 4 is 35.1 Å². The Kier molecular flexibility index (Phi) is 3.54. The first kappa shape index (κ1) is 15.8. The molecule has 0 amide bonds. The highest BCUT2D eigenvalue weighted by Gasteiger charge is 2.19. The van der Waals surface area contributed by atoms with Crippen LogP contribution in [0, 0.1) is 5.82 Å². The molecule has 128 valence electrons. The molecule has 3 aromatic heterocycles. The average molecular weight is 351 g/mol. The molecule has 27 heavy (non-hydrogen) atoms. The summed E-state index contributed by atoms with van der Waals surface area (Å²) >= 11 is 0. The Morgan fingerprint density at radius 2 is 1.74 bits per heavy atom. The Labute approximate surface area is 156 Å². The van der Waals surface area contributed by atoms with Crippen molar-refractivity contribution in [3.05, 3.63) is 85.1 Å². The van der Waals surface area contributed by atoms with E-state index in [1.807, 2.05) is 79.3 Å². The molecule has 0 N–H and O–H groups in total. The molecule has 5 heteroatoms. The van der Waals surface area contributed by atoms with Gasteiger partial charge in [0.1, 0.15) is 13.5 Å². The zero-order valence-electron chi connectivity index (χ0n) is 14.7. The van der Waals surface area contributed by atoms with E-state index in [4.69, 9.17) is 0 Å². The smallest absolute Gasteiger partial charge is 0.174 e. The lowest BCUT2D eigenvalue weighted by Gasteiger charge is -2.15. The van der Waals surface area contributed by atoms with E-state index in [-0.39, 0.29) is 5.82 Å². The second-order valence-electron chi connectivity index (χ2n) is 6.58. The van der Waals surface area contributed by atoms with E-state index >= 15 is 4.39 Å². The highest BCUT2D eigenvalue weighted by atomic mass is 19.1. The van der Waals surface area contributed by atoms with Crippen molar-refractivity contribution < 1.29 is 4.39 Å². The first-order valence-electron chi connectivity index (χ1n) is 8.80. The van der Waals surface area contributed by atoms with Gasteiger partial charge in [0.2, 0.25) is 0 Å². The third kappa shape index (κ3) is 2.43. The SMILES string of the molecule is Bc1ccccc1-c1nc2ccccc2c(-n2ccc3cnccc32)c1F. The second-order valence-corrected chi connectivity index (χ2v) is 6.58. The molecular weight excluding hydrogens is 336 g/mol. The first-order chi connectivity index (χ1) is 13.2. The van der Waals surface area contributed by atoms with Gasteiger partial charge in [0.25, 0.3) is 0 Å². The maximum atomic E-state index is 15.9. The maximum absolute atomic E-state index is 15.9. The summed E-state index contributed by atoms with van der Waals surface area (Å²) in [5, 5.41) is 1.75. The number of nitrogens with zero attached hydrogens (tertiary/aromatic N) is 3. The minimum atomic E-state index is -0.322. The zero-order chi connectivity index (χ0) is 18.4. The standard InChI is InChI=1S/C22H15BFN3/c23-17-7-3-1-5-15(17)21-20(24)22(16-6-2-4-8-18(16)26-21)27-12-10-14-13-25-11-9-19(14)27/h1-13H,23H2. The summed E-state index contributed by atoms with van der Waals surface area (Å²) in [7, 11) is 1.97. The number of hydrogen-bond acceptors (Lipinski definition) is 2. The molecular formula is C22H15BFN3. The fraction of sp³-hybridized carbons (Fsp3) is 0. The zero-order valence-corrected chi connectivity index (χ0v) is 14.7. The van der Waals surface area contributed by atoms with Crippen LogP contribution in [0.4, 0.5) is 4.39 Å². The average Bonchev–Trinajstić information content (AvgIpc) is 3.12. The van der Waals surface area contributed by atoms with Crippen LogP contribution in [0.1, 0.15) is 0 Å². The summed E-state index contributed by atoms with van der Waals surface area (Å²) in [6, 6.07) is 19.3. The van der Waals surface area contributed by atoms with Crippen LogP contribution in [-0.2, 0) is 0 Å². The molecule has 0 bridgehead atoms. The van der Waals surface area contributed by atoms with Gasteiger partial charge in [-0.1, -0.05) is 47.9 Å². The van der Waals surface area contributed by atoms with Gasteiger partial charge < -0.3 is 4.57 Å². The summed E-state index contributed by atoms with van der Waals surface area (Å²) in [6.45, 7) is 0. The van der Waals surface area contributed by atoms with E-state index in [0.29, 0.717) is 11.4 Å². The predicted molar refractivity (Wildman–Crippen MR) is 110 cm³/mol. The van der Waals surface area contributed by atoms with E-state index in [9.17, 15) is 0 Å². The number of halogens is 1. The molecule has 0 unspecified atom stereocenters. The van der Waals surface area contributed by atoms with Crippen molar-refractivity contribution in [2.75, 3.05) is 0 Å². The van der Waals surface area contributed by atoms with E-state index in [1.165, 1.54) is 0 Å². The van der Waals surface area contributed by atoms with Gasteiger partial charge in [-0.3, -0.25) is 4.98 Å². The van der Waals surface area contributed by atoms with Gasteiger partial charge in [-0.15, -0.1) is 0 Å². The molecule has 0 spiro atoms. The Morgan fingerprint density at radius 3 is 2.63 bits per heavy atom. The summed E-state index contributed by atoms with van der Waals surface area (Å²) in [6.07, 6.45) is 5.40. The van der Waals surface area contributed by atoms with E-state index in [0.717, 1.165) is 32.8 Å². The minimum absolute atomic E-state index is 0.322. The van der Waals surface area contributed by atoms with E-state index in [2.05, 4.69) is 9.97 Å². The molecule has 3 heterocycles.